The molecule has 0 atom stereocenters. The van der Waals surface area contributed by atoms with E-state index in [1.807, 2.05) is 72.6 Å². The molecule has 1 N–H and O–H groups in total. The first-order valence-electron chi connectivity index (χ1n) is 9.69. The van der Waals surface area contributed by atoms with Crippen molar-refractivity contribution >= 4 is 11.9 Å². The number of hydrogen-bond donors (Lipinski definition) is 1. The van der Waals surface area contributed by atoms with Gasteiger partial charge in [0.05, 0.1) is 6.67 Å². The third-order valence-corrected chi connectivity index (χ3v) is 5.27. The molecule has 0 saturated carbocycles. The smallest absolute Gasteiger partial charge is 0.315 e. The summed E-state index contributed by atoms with van der Waals surface area (Å²) < 4.78 is 13.1. The maximum atomic E-state index is 13.6. The van der Waals surface area contributed by atoms with Crippen LogP contribution in [0.2, 0.25) is 0 Å². The van der Waals surface area contributed by atoms with E-state index in [1.165, 1.54) is 17.0 Å². The van der Waals surface area contributed by atoms with E-state index >= 15 is 0 Å². The number of halogens is 1. The summed E-state index contributed by atoms with van der Waals surface area (Å²) in [5.74, 6) is -0.623. The van der Waals surface area contributed by atoms with E-state index < -0.39 is 11.6 Å². The van der Waals surface area contributed by atoms with Crippen LogP contribution in [-0.4, -0.2) is 35.5 Å². The first-order chi connectivity index (χ1) is 14.5. The zero-order valence-corrected chi connectivity index (χ0v) is 16.6. The van der Waals surface area contributed by atoms with Gasteiger partial charge in [0.25, 0.3) is 5.91 Å². The Hall–Kier alpha value is -3.51. The van der Waals surface area contributed by atoms with Gasteiger partial charge in [0, 0.05) is 6.54 Å². The minimum atomic E-state index is -1.27. The molecule has 0 aromatic heterocycles. The Morgan fingerprint density at radius 1 is 0.867 bits per heavy atom. The average molecular weight is 403 g/mol. The van der Waals surface area contributed by atoms with Gasteiger partial charge in [-0.2, -0.15) is 0 Å². The van der Waals surface area contributed by atoms with E-state index in [9.17, 15) is 14.0 Å². The van der Waals surface area contributed by atoms with E-state index in [0.717, 1.165) is 5.56 Å². The van der Waals surface area contributed by atoms with Crippen LogP contribution in [0.4, 0.5) is 9.18 Å². The molecule has 152 valence electrons. The highest BCUT2D eigenvalue weighted by molar-refractivity contribution is 6.09. The number of carbonyl (C=O) groups is 2. The normalized spacial score (nSPS) is 15.5. The van der Waals surface area contributed by atoms with Crippen molar-refractivity contribution in [3.63, 3.8) is 0 Å². The second kappa shape index (κ2) is 8.08. The molecule has 3 amide bonds. The van der Waals surface area contributed by atoms with Gasteiger partial charge >= 0.3 is 6.03 Å². The predicted molar refractivity (Wildman–Crippen MR) is 112 cm³/mol. The number of nitrogens with zero attached hydrogens (tertiary/aromatic N) is 2. The summed E-state index contributed by atoms with van der Waals surface area (Å²) in [7, 11) is 1.81. The zero-order valence-electron chi connectivity index (χ0n) is 16.6. The number of hydrogen-bond acceptors (Lipinski definition) is 3. The summed E-state index contributed by atoms with van der Waals surface area (Å²) in [5, 5.41) is 2.94. The number of urea groups is 1. The fraction of sp³-hybridized carbons (Fsp3) is 0.167. The number of imide groups is 1. The minimum absolute atomic E-state index is 0.115. The van der Waals surface area contributed by atoms with Gasteiger partial charge in [-0.15, -0.1) is 0 Å². The first-order valence-corrected chi connectivity index (χ1v) is 9.69. The van der Waals surface area contributed by atoms with Crippen molar-refractivity contribution in [3.05, 3.63) is 107 Å². The second-order valence-electron chi connectivity index (χ2n) is 7.43. The van der Waals surface area contributed by atoms with E-state index in [-0.39, 0.29) is 18.4 Å². The average Bonchev–Trinajstić information content (AvgIpc) is 3.02. The molecule has 0 bridgehead atoms. The molecular weight excluding hydrogens is 381 g/mol. The Bertz CT molecular complexity index is 1000. The third-order valence-electron chi connectivity index (χ3n) is 5.27. The largest absolute Gasteiger partial charge is 0.326 e. The quantitative estimate of drug-likeness (QED) is 0.639. The molecule has 1 aliphatic rings. The highest BCUT2D eigenvalue weighted by atomic mass is 19.1. The molecule has 0 unspecified atom stereocenters. The van der Waals surface area contributed by atoms with E-state index in [4.69, 9.17) is 0 Å². The standard InChI is InChI=1S/C24H22FN3O2/c1-27(16-18-12-14-21(25)15-13-18)17-28-22(29)24(26-23(28)30,19-8-4-2-5-9-19)20-10-6-3-7-11-20/h2-15H,16-17H2,1H3,(H,26,30). The highest BCUT2D eigenvalue weighted by Crippen LogP contribution is 2.36. The van der Waals surface area contributed by atoms with Gasteiger partial charge in [-0.25, -0.2) is 14.1 Å². The summed E-state index contributed by atoms with van der Waals surface area (Å²) in [4.78, 5) is 29.6. The van der Waals surface area contributed by atoms with Gasteiger partial charge in [-0.05, 0) is 35.9 Å². The Balaban J connectivity index is 1.63. The van der Waals surface area contributed by atoms with Gasteiger partial charge in [0.1, 0.15) is 5.82 Å². The summed E-state index contributed by atoms with van der Waals surface area (Å²) in [5.41, 5.74) is 1.04. The van der Waals surface area contributed by atoms with Gasteiger partial charge < -0.3 is 5.32 Å². The number of amides is 3. The maximum absolute atomic E-state index is 13.6. The molecule has 0 spiro atoms. The summed E-state index contributed by atoms with van der Waals surface area (Å²) in [6.45, 7) is 0.588. The lowest BCUT2D eigenvalue weighted by atomic mass is 9.83. The Morgan fingerprint density at radius 3 is 1.93 bits per heavy atom. The van der Waals surface area contributed by atoms with Crippen LogP contribution in [0.5, 0.6) is 0 Å². The van der Waals surface area contributed by atoms with Gasteiger partial charge in [0.15, 0.2) is 5.54 Å². The second-order valence-corrected chi connectivity index (χ2v) is 7.43. The van der Waals surface area contributed by atoms with E-state index in [1.54, 1.807) is 12.1 Å². The Kier molecular flexibility index (Phi) is 5.33. The molecule has 30 heavy (non-hydrogen) atoms. The van der Waals surface area contributed by atoms with Crippen LogP contribution in [0.3, 0.4) is 0 Å². The summed E-state index contributed by atoms with van der Waals surface area (Å²) in [6.07, 6.45) is 0. The van der Waals surface area contributed by atoms with Crippen molar-refractivity contribution in [2.75, 3.05) is 13.7 Å². The molecule has 6 heteroatoms. The lowest BCUT2D eigenvalue weighted by Gasteiger charge is -2.28. The SMILES string of the molecule is CN(Cc1ccc(F)cc1)CN1C(=O)NC(c2ccccc2)(c2ccccc2)C1=O. The van der Waals surface area contributed by atoms with Crippen LogP contribution in [-0.2, 0) is 16.9 Å². The summed E-state index contributed by atoms with van der Waals surface area (Å²) >= 11 is 0. The molecule has 3 aromatic rings. The number of nitrogens with one attached hydrogen (secondary N) is 1. The molecule has 1 aliphatic heterocycles. The van der Waals surface area contributed by atoms with E-state index in [0.29, 0.717) is 17.7 Å². The Labute approximate surface area is 174 Å². The molecule has 0 radical (unpaired) electrons. The molecule has 1 heterocycles. The predicted octanol–water partition coefficient (Wildman–Crippen LogP) is 3.71. The topological polar surface area (TPSA) is 52.6 Å². The van der Waals surface area contributed by atoms with Crippen LogP contribution in [0.15, 0.2) is 84.9 Å². The maximum Gasteiger partial charge on any atom is 0.326 e. The first kappa shape index (κ1) is 19.8. The lowest BCUT2D eigenvalue weighted by Crippen LogP contribution is -2.46. The fourth-order valence-electron chi connectivity index (χ4n) is 3.83. The molecular formula is C24H22FN3O2. The van der Waals surface area contributed by atoms with Crippen molar-refractivity contribution in [3.8, 4) is 0 Å². The van der Waals surface area contributed by atoms with Crippen LogP contribution < -0.4 is 5.32 Å². The van der Waals surface area contributed by atoms with E-state index in [2.05, 4.69) is 5.32 Å². The number of carbonyl (C=O) groups excluding carboxylic acids is 2. The van der Waals surface area contributed by atoms with Crippen LogP contribution >= 0.6 is 0 Å². The van der Waals surface area contributed by atoms with Crippen molar-refractivity contribution in [1.82, 2.24) is 15.1 Å². The van der Waals surface area contributed by atoms with Crippen LogP contribution in [0.1, 0.15) is 16.7 Å². The summed E-state index contributed by atoms with van der Waals surface area (Å²) in [6, 6.07) is 24.2. The highest BCUT2D eigenvalue weighted by Gasteiger charge is 2.53. The van der Waals surface area contributed by atoms with Crippen molar-refractivity contribution in [2.45, 2.75) is 12.1 Å². The van der Waals surface area contributed by atoms with Gasteiger partial charge in [-0.1, -0.05) is 72.8 Å². The molecule has 0 aliphatic carbocycles. The lowest BCUT2D eigenvalue weighted by molar-refractivity contribution is -0.131. The van der Waals surface area contributed by atoms with Crippen LogP contribution in [0, 0.1) is 5.82 Å². The van der Waals surface area contributed by atoms with Gasteiger partial charge in [-0.3, -0.25) is 9.69 Å². The van der Waals surface area contributed by atoms with Crippen molar-refractivity contribution < 1.29 is 14.0 Å². The number of rotatable bonds is 6. The van der Waals surface area contributed by atoms with Gasteiger partial charge in [0.2, 0.25) is 0 Å². The van der Waals surface area contributed by atoms with Crippen molar-refractivity contribution in [2.24, 2.45) is 0 Å². The monoisotopic (exact) mass is 403 g/mol. The molecule has 1 fully saturated rings. The zero-order chi connectivity index (χ0) is 21.1. The van der Waals surface area contributed by atoms with Crippen molar-refractivity contribution in [1.29, 1.82) is 0 Å². The molecule has 5 nitrogen and oxygen atoms in total. The molecule has 4 rings (SSSR count). The van der Waals surface area contributed by atoms with Crippen LogP contribution in [0.25, 0.3) is 0 Å². The Morgan fingerprint density at radius 2 is 1.40 bits per heavy atom. The fourth-order valence-corrected chi connectivity index (χ4v) is 3.83. The minimum Gasteiger partial charge on any atom is -0.315 e. The molecule has 3 aromatic carbocycles. The third kappa shape index (κ3) is 3.57. The molecule has 1 saturated heterocycles. The number of benzene rings is 3.